The molecule has 2 aromatic heterocycles. The number of benzene rings is 1. The second kappa shape index (κ2) is 6.51. The highest BCUT2D eigenvalue weighted by atomic mass is 16.1. The van der Waals surface area contributed by atoms with Crippen molar-refractivity contribution in [2.45, 2.75) is 39.7 Å². The van der Waals surface area contributed by atoms with Crippen molar-refractivity contribution < 1.29 is 4.79 Å². The van der Waals surface area contributed by atoms with E-state index in [1.54, 1.807) is 6.20 Å². The summed E-state index contributed by atoms with van der Waals surface area (Å²) in [5.74, 6) is 0.819. The van der Waals surface area contributed by atoms with Crippen LogP contribution in [0.5, 0.6) is 0 Å². The smallest absolute Gasteiger partial charge is 0.254 e. The van der Waals surface area contributed by atoms with Gasteiger partial charge in [-0.1, -0.05) is 25.5 Å². The molecule has 5 heteroatoms. The minimum absolute atomic E-state index is 0.0664. The van der Waals surface area contributed by atoms with Gasteiger partial charge >= 0.3 is 0 Å². The molecule has 0 aliphatic rings. The van der Waals surface area contributed by atoms with Gasteiger partial charge in [-0.15, -0.1) is 0 Å². The van der Waals surface area contributed by atoms with Crippen molar-refractivity contribution in [2.24, 2.45) is 7.05 Å². The quantitative estimate of drug-likeness (QED) is 0.750. The maximum atomic E-state index is 12.9. The van der Waals surface area contributed by atoms with E-state index in [9.17, 15) is 4.79 Å². The van der Waals surface area contributed by atoms with Crippen molar-refractivity contribution in [1.82, 2.24) is 19.9 Å². The van der Waals surface area contributed by atoms with Gasteiger partial charge in [0.2, 0.25) is 0 Å². The summed E-state index contributed by atoms with van der Waals surface area (Å²) in [6, 6.07) is 5.77. The SMILES string of the molecule is CCC[C@H](NC(=O)c1cccc2c(C)c(C)[nH]c12)c1nccn1C. The number of hydrogen-bond acceptors (Lipinski definition) is 2. The van der Waals surface area contributed by atoms with Crippen LogP contribution >= 0.6 is 0 Å². The van der Waals surface area contributed by atoms with Gasteiger partial charge in [0.15, 0.2) is 0 Å². The number of aromatic amines is 1. The van der Waals surface area contributed by atoms with Crippen LogP contribution < -0.4 is 5.32 Å². The Balaban J connectivity index is 1.94. The zero-order valence-electron chi connectivity index (χ0n) is 14.7. The number of imidazole rings is 1. The standard InChI is InChI=1S/C19H24N4O/c1-5-7-16(18-20-10-11-23(18)4)22-19(24)15-9-6-8-14-12(2)13(3)21-17(14)15/h6,8-11,16,21H,5,7H2,1-4H3,(H,22,24)/t16-/m0/s1. The van der Waals surface area contributed by atoms with Gasteiger partial charge in [0, 0.05) is 30.5 Å². The number of rotatable bonds is 5. The minimum atomic E-state index is -0.0880. The number of amides is 1. The monoisotopic (exact) mass is 324 g/mol. The van der Waals surface area contributed by atoms with E-state index in [2.05, 4.69) is 29.1 Å². The van der Waals surface area contributed by atoms with Crippen LogP contribution in [0.15, 0.2) is 30.6 Å². The molecule has 0 aliphatic heterocycles. The zero-order chi connectivity index (χ0) is 17.3. The Labute approximate surface area is 142 Å². The summed E-state index contributed by atoms with van der Waals surface area (Å²) in [5, 5.41) is 4.26. The zero-order valence-corrected chi connectivity index (χ0v) is 14.7. The van der Waals surface area contributed by atoms with Crippen molar-refractivity contribution in [2.75, 3.05) is 0 Å². The lowest BCUT2D eigenvalue weighted by molar-refractivity contribution is 0.0933. The first-order valence-corrected chi connectivity index (χ1v) is 8.39. The molecule has 126 valence electrons. The molecule has 3 aromatic rings. The highest BCUT2D eigenvalue weighted by Gasteiger charge is 2.20. The largest absolute Gasteiger partial charge is 0.358 e. The molecule has 1 aromatic carbocycles. The number of nitrogens with zero attached hydrogens (tertiary/aromatic N) is 2. The summed E-state index contributed by atoms with van der Waals surface area (Å²) >= 11 is 0. The summed E-state index contributed by atoms with van der Waals surface area (Å²) in [6.07, 6.45) is 5.50. The Hall–Kier alpha value is -2.56. The molecule has 0 fully saturated rings. The van der Waals surface area contributed by atoms with Crippen LogP contribution in [0.4, 0.5) is 0 Å². The number of H-pyrrole nitrogens is 1. The van der Waals surface area contributed by atoms with Crippen LogP contribution in [0.25, 0.3) is 10.9 Å². The van der Waals surface area contributed by atoms with E-state index in [1.165, 1.54) is 5.56 Å². The number of aryl methyl sites for hydroxylation is 3. The first kappa shape index (κ1) is 16.3. The Bertz CT molecular complexity index is 875. The summed E-state index contributed by atoms with van der Waals surface area (Å²) in [6.45, 7) is 6.22. The number of para-hydroxylation sites is 1. The van der Waals surface area contributed by atoms with Gasteiger partial charge in [-0.25, -0.2) is 4.98 Å². The number of carbonyl (C=O) groups is 1. The fraction of sp³-hybridized carbons (Fsp3) is 0.368. The van der Waals surface area contributed by atoms with Crippen molar-refractivity contribution >= 4 is 16.8 Å². The van der Waals surface area contributed by atoms with E-state index in [1.807, 2.05) is 42.9 Å². The summed E-state index contributed by atoms with van der Waals surface area (Å²) in [7, 11) is 1.95. The topological polar surface area (TPSA) is 62.7 Å². The number of carbonyl (C=O) groups excluding carboxylic acids is 1. The lowest BCUT2D eigenvalue weighted by atomic mass is 10.1. The summed E-state index contributed by atoms with van der Waals surface area (Å²) < 4.78 is 1.96. The van der Waals surface area contributed by atoms with E-state index in [0.717, 1.165) is 35.3 Å². The van der Waals surface area contributed by atoms with E-state index >= 15 is 0 Å². The normalized spacial score (nSPS) is 12.5. The molecule has 24 heavy (non-hydrogen) atoms. The molecule has 5 nitrogen and oxygen atoms in total. The Morgan fingerprint density at radius 3 is 2.83 bits per heavy atom. The van der Waals surface area contributed by atoms with Crippen LogP contribution in [-0.4, -0.2) is 20.4 Å². The van der Waals surface area contributed by atoms with Crippen molar-refractivity contribution in [3.8, 4) is 0 Å². The van der Waals surface area contributed by atoms with Gasteiger partial charge < -0.3 is 14.9 Å². The first-order valence-electron chi connectivity index (χ1n) is 8.39. The molecule has 0 radical (unpaired) electrons. The van der Waals surface area contributed by atoms with E-state index < -0.39 is 0 Å². The van der Waals surface area contributed by atoms with Crippen molar-refractivity contribution in [3.05, 3.63) is 53.2 Å². The fourth-order valence-corrected chi connectivity index (χ4v) is 3.18. The van der Waals surface area contributed by atoms with Crippen LogP contribution in [-0.2, 0) is 7.05 Å². The summed E-state index contributed by atoms with van der Waals surface area (Å²) in [4.78, 5) is 20.7. The number of hydrogen-bond donors (Lipinski definition) is 2. The molecule has 0 unspecified atom stereocenters. The molecule has 0 saturated heterocycles. The maximum absolute atomic E-state index is 12.9. The molecule has 0 aliphatic carbocycles. The first-order chi connectivity index (χ1) is 11.5. The lowest BCUT2D eigenvalue weighted by Crippen LogP contribution is -2.30. The number of nitrogens with one attached hydrogen (secondary N) is 2. The molecule has 2 heterocycles. The number of aromatic nitrogens is 3. The summed E-state index contributed by atoms with van der Waals surface area (Å²) in [5.41, 5.74) is 3.87. The van der Waals surface area contributed by atoms with Crippen LogP contribution in [0.3, 0.4) is 0 Å². The molecule has 1 atom stereocenters. The van der Waals surface area contributed by atoms with Gasteiger partial charge in [0.05, 0.1) is 17.1 Å². The molecule has 3 rings (SSSR count). The van der Waals surface area contributed by atoms with Crippen molar-refractivity contribution in [3.63, 3.8) is 0 Å². The average Bonchev–Trinajstić information content (AvgIpc) is 3.11. The molecule has 0 bridgehead atoms. The van der Waals surface area contributed by atoms with Gasteiger partial charge in [-0.05, 0) is 31.9 Å². The van der Waals surface area contributed by atoms with Gasteiger partial charge in [0.25, 0.3) is 5.91 Å². The van der Waals surface area contributed by atoms with Gasteiger partial charge in [-0.3, -0.25) is 4.79 Å². The Morgan fingerprint density at radius 1 is 1.38 bits per heavy atom. The minimum Gasteiger partial charge on any atom is -0.358 e. The third kappa shape index (κ3) is 2.82. The lowest BCUT2D eigenvalue weighted by Gasteiger charge is -2.18. The van der Waals surface area contributed by atoms with Crippen molar-refractivity contribution in [1.29, 1.82) is 0 Å². The highest BCUT2D eigenvalue weighted by molar-refractivity contribution is 6.06. The van der Waals surface area contributed by atoms with E-state index in [0.29, 0.717) is 5.56 Å². The molecule has 1 amide bonds. The van der Waals surface area contributed by atoms with Crippen LogP contribution in [0, 0.1) is 13.8 Å². The molecule has 0 spiro atoms. The molecular weight excluding hydrogens is 300 g/mol. The van der Waals surface area contributed by atoms with Crippen LogP contribution in [0.1, 0.15) is 53.2 Å². The highest BCUT2D eigenvalue weighted by Crippen LogP contribution is 2.25. The van der Waals surface area contributed by atoms with Gasteiger partial charge in [-0.2, -0.15) is 0 Å². The van der Waals surface area contributed by atoms with Crippen LogP contribution in [0.2, 0.25) is 0 Å². The predicted molar refractivity (Wildman–Crippen MR) is 96.1 cm³/mol. The Kier molecular flexibility index (Phi) is 4.42. The third-order valence-corrected chi connectivity index (χ3v) is 4.64. The fourth-order valence-electron chi connectivity index (χ4n) is 3.18. The molecule has 0 saturated carbocycles. The molecule has 2 N–H and O–H groups in total. The van der Waals surface area contributed by atoms with E-state index in [4.69, 9.17) is 0 Å². The molecular formula is C19H24N4O. The second-order valence-corrected chi connectivity index (χ2v) is 6.31. The second-order valence-electron chi connectivity index (χ2n) is 6.31. The predicted octanol–water partition coefficient (Wildman–Crippen LogP) is 3.79. The average molecular weight is 324 g/mol. The Morgan fingerprint density at radius 2 is 2.17 bits per heavy atom. The maximum Gasteiger partial charge on any atom is 0.254 e. The third-order valence-electron chi connectivity index (χ3n) is 4.64. The van der Waals surface area contributed by atoms with E-state index in [-0.39, 0.29) is 11.9 Å². The number of fused-ring (bicyclic) bond motifs is 1. The van der Waals surface area contributed by atoms with Gasteiger partial charge in [0.1, 0.15) is 5.82 Å².